The molecular weight excluding hydrogens is 278 g/mol. The van der Waals surface area contributed by atoms with E-state index >= 15 is 0 Å². The quantitative estimate of drug-likeness (QED) is 0.915. The van der Waals surface area contributed by atoms with E-state index in [1.807, 2.05) is 17.0 Å². The number of ether oxygens (including phenoxy) is 1. The number of piperidine rings is 1. The van der Waals surface area contributed by atoms with Gasteiger partial charge >= 0.3 is 0 Å². The minimum Gasteiger partial charge on any atom is -0.497 e. The molecule has 0 spiro atoms. The summed E-state index contributed by atoms with van der Waals surface area (Å²) in [6.45, 7) is 5.29. The fourth-order valence-corrected chi connectivity index (χ4v) is 3.31. The lowest BCUT2D eigenvalue weighted by Crippen LogP contribution is -2.52. The number of carbonyl (C=O) groups is 1. The minimum absolute atomic E-state index is 0.178. The molecule has 120 valence electrons. The Morgan fingerprint density at radius 2 is 2.09 bits per heavy atom. The third kappa shape index (κ3) is 3.35. The lowest BCUT2D eigenvalue weighted by molar-refractivity contribution is -0.136. The predicted octanol–water partition coefficient (Wildman–Crippen LogP) is 1.34. The van der Waals surface area contributed by atoms with Gasteiger partial charge in [-0.25, -0.2) is 0 Å². The van der Waals surface area contributed by atoms with Crippen LogP contribution in [0.5, 0.6) is 5.75 Å². The molecule has 2 aliphatic rings. The van der Waals surface area contributed by atoms with Crippen molar-refractivity contribution < 1.29 is 9.53 Å². The van der Waals surface area contributed by atoms with Gasteiger partial charge in [-0.3, -0.25) is 4.79 Å². The first-order valence-electron chi connectivity index (χ1n) is 8.16. The summed E-state index contributed by atoms with van der Waals surface area (Å²) in [5.74, 6) is 1.39. The van der Waals surface area contributed by atoms with Crippen molar-refractivity contribution in [1.82, 2.24) is 10.2 Å². The summed E-state index contributed by atoms with van der Waals surface area (Å²) in [4.78, 5) is 16.9. The van der Waals surface area contributed by atoms with Crippen LogP contribution in [-0.4, -0.2) is 57.2 Å². The van der Waals surface area contributed by atoms with Gasteiger partial charge in [-0.1, -0.05) is 6.07 Å². The van der Waals surface area contributed by atoms with Crippen LogP contribution in [0.1, 0.15) is 12.8 Å². The van der Waals surface area contributed by atoms with Crippen LogP contribution in [-0.2, 0) is 4.79 Å². The summed E-state index contributed by atoms with van der Waals surface area (Å²) in [5, 5.41) is 3.33. The number of piperazine rings is 1. The number of anilines is 1. The Labute approximate surface area is 132 Å². The van der Waals surface area contributed by atoms with Crippen molar-refractivity contribution in [2.75, 3.05) is 51.3 Å². The number of nitrogens with one attached hydrogen (secondary N) is 1. The molecule has 1 aromatic rings. The molecule has 2 fully saturated rings. The van der Waals surface area contributed by atoms with Crippen molar-refractivity contribution in [3.63, 3.8) is 0 Å². The highest BCUT2D eigenvalue weighted by Gasteiger charge is 2.28. The summed E-state index contributed by atoms with van der Waals surface area (Å²) in [7, 11) is 1.69. The van der Waals surface area contributed by atoms with Crippen LogP contribution in [0, 0.1) is 5.92 Å². The van der Waals surface area contributed by atoms with E-state index in [4.69, 9.17) is 4.74 Å². The SMILES string of the molecule is COc1cccc(N2CCN(C(=O)C3CCCNC3)CC2)c1. The molecule has 1 amide bonds. The maximum Gasteiger partial charge on any atom is 0.227 e. The van der Waals surface area contributed by atoms with Crippen LogP contribution in [0.25, 0.3) is 0 Å². The number of benzene rings is 1. The van der Waals surface area contributed by atoms with Gasteiger partial charge in [-0.15, -0.1) is 0 Å². The molecule has 1 atom stereocenters. The smallest absolute Gasteiger partial charge is 0.227 e. The van der Waals surface area contributed by atoms with Gasteiger partial charge < -0.3 is 19.9 Å². The number of carbonyl (C=O) groups excluding carboxylic acids is 1. The maximum atomic E-state index is 12.5. The molecule has 2 aliphatic heterocycles. The van der Waals surface area contributed by atoms with Crippen LogP contribution in [0.15, 0.2) is 24.3 Å². The van der Waals surface area contributed by atoms with E-state index in [9.17, 15) is 4.79 Å². The molecule has 2 saturated heterocycles. The molecular formula is C17H25N3O2. The van der Waals surface area contributed by atoms with E-state index in [2.05, 4.69) is 22.3 Å². The van der Waals surface area contributed by atoms with E-state index in [1.54, 1.807) is 7.11 Å². The highest BCUT2D eigenvalue weighted by Crippen LogP contribution is 2.23. The van der Waals surface area contributed by atoms with Gasteiger partial charge in [0.15, 0.2) is 0 Å². The Hall–Kier alpha value is -1.75. The second kappa shape index (κ2) is 7.01. The van der Waals surface area contributed by atoms with Crippen LogP contribution < -0.4 is 15.0 Å². The van der Waals surface area contributed by atoms with Crippen LogP contribution in [0.2, 0.25) is 0 Å². The first-order valence-corrected chi connectivity index (χ1v) is 8.16. The first kappa shape index (κ1) is 15.2. The molecule has 1 unspecified atom stereocenters. The topological polar surface area (TPSA) is 44.8 Å². The zero-order valence-electron chi connectivity index (χ0n) is 13.3. The number of hydrogen-bond acceptors (Lipinski definition) is 4. The van der Waals surface area contributed by atoms with E-state index in [1.165, 1.54) is 5.69 Å². The van der Waals surface area contributed by atoms with E-state index < -0.39 is 0 Å². The van der Waals surface area contributed by atoms with Crippen molar-refractivity contribution in [3.8, 4) is 5.75 Å². The van der Waals surface area contributed by atoms with Crippen LogP contribution in [0.3, 0.4) is 0 Å². The number of nitrogens with zero attached hydrogens (tertiary/aromatic N) is 2. The van der Waals surface area contributed by atoms with Crippen LogP contribution >= 0.6 is 0 Å². The molecule has 3 rings (SSSR count). The predicted molar refractivity (Wildman–Crippen MR) is 87.4 cm³/mol. The summed E-state index contributed by atoms with van der Waals surface area (Å²) >= 11 is 0. The molecule has 2 heterocycles. The normalized spacial score (nSPS) is 22.5. The van der Waals surface area contributed by atoms with Gasteiger partial charge in [0.25, 0.3) is 0 Å². The molecule has 22 heavy (non-hydrogen) atoms. The Morgan fingerprint density at radius 1 is 1.27 bits per heavy atom. The Kier molecular flexibility index (Phi) is 4.83. The Morgan fingerprint density at radius 3 is 2.77 bits per heavy atom. The lowest BCUT2D eigenvalue weighted by atomic mass is 9.98. The summed E-state index contributed by atoms with van der Waals surface area (Å²) < 4.78 is 5.29. The largest absolute Gasteiger partial charge is 0.497 e. The molecule has 5 nitrogen and oxygen atoms in total. The number of hydrogen-bond donors (Lipinski definition) is 1. The maximum absolute atomic E-state index is 12.5. The van der Waals surface area contributed by atoms with Crippen molar-refractivity contribution in [3.05, 3.63) is 24.3 Å². The third-order valence-corrected chi connectivity index (χ3v) is 4.66. The van der Waals surface area contributed by atoms with Gasteiger partial charge in [-0.2, -0.15) is 0 Å². The average Bonchev–Trinajstić information content (AvgIpc) is 2.62. The second-order valence-corrected chi connectivity index (χ2v) is 6.06. The van der Waals surface area contributed by atoms with Gasteiger partial charge in [-0.05, 0) is 31.5 Å². The van der Waals surface area contributed by atoms with Crippen molar-refractivity contribution >= 4 is 11.6 Å². The average molecular weight is 303 g/mol. The van der Waals surface area contributed by atoms with Gasteiger partial charge in [0.2, 0.25) is 5.91 Å². The lowest BCUT2D eigenvalue weighted by Gasteiger charge is -2.38. The fourth-order valence-electron chi connectivity index (χ4n) is 3.31. The van der Waals surface area contributed by atoms with Gasteiger partial charge in [0.05, 0.1) is 13.0 Å². The van der Waals surface area contributed by atoms with Crippen molar-refractivity contribution in [1.29, 1.82) is 0 Å². The second-order valence-electron chi connectivity index (χ2n) is 6.06. The minimum atomic E-state index is 0.178. The summed E-state index contributed by atoms with van der Waals surface area (Å²) in [6.07, 6.45) is 2.14. The van der Waals surface area contributed by atoms with E-state index in [0.717, 1.165) is 57.9 Å². The van der Waals surface area contributed by atoms with Gasteiger partial charge in [0, 0.05) is 44.5 Å². The van der Waals surface area contributed by atoms with Crippen molar-refractivity contribution in [2.45, 2.75) is 12.8 Å². The molecule has 0 bridgehead atoms. The van der Waals surface area contributed by atoms with Crippen LogP contribution in [0.4, 0.5) is 5.69 Å². The Bertz CT molecular complexity index is 506. The monoisotopic (exact) mass is 303 g/mol. The summed E-state index contributed by atoms with van der Waals surface area (Å²) in [5.41, 5.74) is 1.17. The molecule has 0 saturated carbocycles. The van der Waals surface area contributed by atoms with E-state index in [0.29, 0.717) is 5.91 Å². The molecule has 0 aromatic heterocycles. The Balaban J connectivity index is 1.56. The number of amides is 1. The third-order valence-electron chi connectivity index (χ3n) is 4.66. The molecule has 0 radical (unpaired) electrons. The fraction of sp³-hybridized carbons (Fsp3) is 0.588. The zero-order chi connectivity index (χ0) is 15.4. The van der Waals surface area contributed by atoms with E-state index in [-0.39, 0.29) is 5.92 Å². The number of methoxy groups -OCH3 is 1. The highest BCUT2D eigenvalue weighted by molar-refractivity contribution is 5.79. The summed E-state index contributed by atoms with van der Waals surface area (Å²) in [6, 6.07) is 8.13. The molecule has 1 N–H and O–H groups in total. The van der Waals surface area contributed by atoms with Gasteiger partial charge in [0.1, 0.15) is 5.75 Å². The first-order chi connectivity index (χ1) is 10.8. The molecule has 0 aliphatic carbocycles. The molecule has 5 heteroatoms. The highest BCUT2D eigenvalue weighted by atomic mass is 16.5. The standard InChI is InChI=1S/C17H25N3O2/c1-22-16-6-2-5-15(12-16)19-8-10-20(11-9-19)17(21)14-4-3-7-18-13-14/h2,5-6,12,14,18H,3-4,7-11,13H2,1H3. The molecule has 1 aromatic carbocycles. The van der Waals surface area contributed by atoms with Crippen molar-refractivity contribution in [2.24, 2.45) is 5.92 Å². The zero-order valence-corrected chi connectivity index (χ0v) is 13.3. The number of rotatable bonds is 3.